The highest BCUT2D eigenvalue weighted by Crippen LogP contribution is 2.25. The lowest BCUT2D eigenvalue weighted by molar-refractivity contribution is -0.133. The molecule has 0 aliphatic carbocycles. The van der Waals surface area contributed by atoms with Gasteiger partial charge in [0, 0.05) is 26.7 Å². The van der Waals surface area contributed by atoms with Gasteiger partial charge in [-0.15, -0.1) is 0 Å². The van der Waals surface area contributed by atoms with Crippen molar-refractivity contribution in [1.82, 2.24) is 14.5 Å². The van der Waals surface area contributed by atoms with Crippen molar-refractivity contribution in [3.05, 3.63) is 106 Å². The number of carbonyl (C=O) groups is 1. The van der Waals surface area contributed by atoms with Crippen molar-refractivity contribution in [2.24, 2.45) is 0 Å². The zero-order chi connectivity index (χ0) is 26.4. The maximum absolute atomic E-state index is 13.8. The van der Waals surface area contributed by atoms with Gasteiger partial charge in [0.15, 0.2) is 0 Å². The minimum atomic E-state index is -0.418. The Morgan fingerprint density at radius 1 is 1.00 bits per heavy atom. The Labute approximate surface area is 218 Å². The number of carbonyl (C=O) groups excluding carboxylic acids is 1. The number of rotatable bonds is 10. The number of benzene rings is 3. The number of ether oxygens (including phenoxy) is 1. The molecule has 6 heteroatoms. The largest absolute Gasteiger partial charge is 0.385 e. The summed E-state index contributed by atoms with van der Waals surface area (Å²) in [6, 6.07) is 23.0. The molecule has 6 nitrogen and oxygen atoms in total. The molecule has 1 atom stereocenters. The number of methoxy groups -OCH3 is 1. The van der Waals surface area contributed by atoms with Crippen LogP contribution in [-0.2, 0) is 16.0 Å². The van der Waals surface area contributed by atoms with E-state index in [0.29, 0.717) is 49.1 Å². The SMILES string of the molecule is COCCCN(C(=O)CCc1ccccc1)C(C)c1nc2ccccc2c(=O)n1-c1ccc(C)c(C)c1. The van der Waals surface area contributed by atoms with E-state index in [0.717, 1.165) is 22.4 Å². The van der Waals surface area contributed by atoms with Crippen LogP contribution in [-0.4, -0.2) is 40.6 Å². The van der Waals surface area contributed by atoms with Crippen molar-refractivity contribution in [2.45, 2.75) is 46.1 Å². The summed E-state index contributed by atoms with van der Waals surface area (Å²) in [5, 5.41) is 0.554. The van der Waals surface area contributed by atoms with Gasteiger partial charge in [-0.2, -0.15) is 0 Å². The number of aryl methyl sites for hydroxylation is 3. The molecule has 1 amide bonds. The molecule has 0 saturated carbocycles. The first kappa shape index (κ1) is 26.3. The molecule has 1 unspecified atom stereocenters. The van der Waals surface area contributed by atoms with E-state index in [4.69, 9.17) is 9.72 Å². The van der Waals surface area contributed by atoms with E-state index in [1.165, 1.54) is 0 Å². The van der Waals surface area contributed by atoms with Crippen LogP contribution >= 0.6 is 0 Å². The second-order valence-electron chi connectivity index (χ2n) is 9.49. The van der Waals surface area contributed by atoms with Crippen molar-refractivity contribution >= 4 is 16.8 Å². The van der Waals surface area contributed by atoms with Crippen molar-refractivity contribution in [3.8, 4) is 5.69 Å². The number of hydrogen-bond acceptors (Lipinski definition) is 4. The zero-order valence-corrected chi connectivity index (χ0v) is 22.1. The van der Waals surface area contributed by atoms with Crippen LogP contribution in [0.2, 0.25) is 0 Å². The van der Waals surface area contributed by atoms with Crippen LogP contribution < -0.4 is 5.56 Å². The summed E-state index contributed by atoms with van der Waals surface area (Å²) >= 11 is 0. The van der Waals surface area contributed by atoms with Crippen molar-refractivity contribution < 1.29 is 9.53 Å². The summed E-state index contributed by atoms with van der Waals surface area (Å²) < 4.78 is 6.95. The predicted octanol–water partition coefficient (Wildman–Crippen LogP) is 5.56. The molecule has 192 valence electrons. The second-order valence-corrected chi connectivity index (χ2v) is 9.49. The smallest absolute Gasteiger partial charge is 0.266 e. The third-order valence-corrected chi connectivity index (χ3v) is 6.93. The van der Waals surface area contributed by atoms with Crippen LogP contribution in [0.1, 0.15) is 48.3 Å². The lowest BCUT2D eigenvalue weighted by Gasteiger charge is -2.31. The van der Waals surface area contributed by atoms with E-state index < -0.39 is 6.04 Å². The summed E-state index contributed by atoms with van der Waals surface area (Å²) in [6.07, 6.45) is 1.73. The number of nitrogens with zero attached hydrogens (tertiary/aromatic N) is 3. The molecule has 0 spiro atoms. The molecule has 3 aromatic carbocycles. The molecule has 4 aromatic rings. The van der Waals surface area contributed by atoms with Gasteiger partial charge in [-0.05, 0) is 74.6 Å². The van der Waals surface area contributed by atoms with Crippen molar-refractivity contribution in [1.29, 1.82) is 0 Å². The molecular weight excluding hydrogens is 462 g/mol. The Morgan fingerprint density at radius 3 is 2.46 bits per heavy atom. The lowest BCUT2D eigenvalue weighted by Crippen LogP contribution is -2.38. The summed E-state index contributed by atoms with van der Waals surface area (Å²) in [6.45, 7) is 7.10. The first-order valence-electron chi connectivity index (χ1n) is 12.8. The highest BCUT2D eigenvalue weighted by atomic mass is 16.5. The molecular formula is C31H35N3O3. The number of para-hydroxylation sites is 1. The van der Waals surface area contributed by atoms with Crippen LogP contribution in [0, 0.1) is 13.8 Å². The monoisotopic (exact) mass is 497 g/mol. The third-order valence-electron chi connectivity index (χ3n) is 6.93. The summed E-state index contributed by atoms with van der Waals surface area (Å²) in [5.74, 6) is 0.582. The second kappa shape index (κ2) is 12.0. The molecule has 0 radical (unpaired) electrons. The van der Waals surface area contributed by atoms with Gasteiger partial charge < -0.3 is 9.64 Å². The highest BCUT2D eigenvalue weighted by Gasteiger charge is 2.26. The topological polar surface area (TPSA) is 64.4 Å². The van der Waals surface area contributed by atoms with E-state index in [1.807, 2.05) is 92.4 Å². The predicted molar refractivity (Wildman–Crippen MR) is 148 cm³/mol. The van der Waals surface area contributed by atoms with Gasteiger partial charge in [-0.3, -0.25) is 14.2 Å². The van der Waals surface area contributed by atoms with Crippen molar-refractivity contribution in [3.63, 3.8) is 0 Å². The molecule has 37 heavy (non-hydrogen) atoms. The molecule has 0 fully saturated rings. The van der Waals surface area contributed by atoms with Gasteiger partial charge >= 0.3 is 0 Å². The van der Waals surface area contributed by atoms with Gasteiger partial charge in [0.2, 0.25) is 5.91 Å². The molecule has 4 rings (SSSR count). The van der Waals surface area contributed by atoms with E-state index >= 15 is 0 Å². The summed E-state index contributed by atoms with van der Waals surface area (Å²) in [4.78, 5) is 34.2. The molecule has 0 aliphatic rings. The van der Waals surface area contributed by atoms with Crippen molar-refractivity contribution in [2.75, 3.05) is 20.3 Å². The third kappa shape index (κ3) is 5.97. The molecule has 0 bridgehead atoms. The Balaban J connectivity index is 1.78. The standard InChI is InChI=1S/C31H35N3O3/c1-22-15-17-26(21-23(22)2)34-30(32-28-14-9-8-13-27(28)31(34)36)24(3)33(19-10-20-37-4)29(35)18-16-25-11-6-5-7-12-25/h5-9,11-15,17,21,24H,10,16,18-20H2,1-4H3. The Morgan fingerprint density at radius 2 is 1.73 bits per heavy atom. The van der Waals surface area contributed by atoms with E-state index in [9.17, 15) is 9.59 Å². The number of amides is 1. The summed E-state index contributed by atoms with van der Waals surface area (Å²) in [7, 11) is 1.66. The fraction of sp³-hybridized carbons (Fsp3) is 0.323. The van der Waals surface area contributed by atoms with Gasteiger partial charge in [0.1, 0.15) is 5.82 Å². The first-order chi connectivity index (χ1) is 17.9. The number of hydrogen-bond donors (Lipinski definition) is 0. The Kier molecular flexibility index (Phi) is 8.51. The van der Waals surface area contributed by atoms with Gasteiger partial charge in [-0.1, -0.05) is 48.5 Å². The maximum atomic E-state index is 13.8. The normalized spacial score (nSPS) is 12.0. The average Bonchev–Trinajstić information content (AvgIpc) is 2.91. The zero-order valence-electron chi connectivity index (χ0n) is 22.1. The van der Waals surface area contributed by atoms with E-state index in [2.05, 4.69) is 0 Å². The van der Waals surface area contributed by atoms with Crippen LogP contribution in [0.5, 0.6) is 0 Å². The van der Waals surface area contributed by atoms with Gasteiger partial charge in [0.05, 0.1) is 22.6 Å². The average molecular weight is 498 g/mol. The lowest BCUT2D eigenvalue weighted by atomic mass is 10.1. The van der Waals surface area contributed by atoms with Gasteiger partial charge in [-0.25, -0.2) is 4.98 Å². The highest BCUT2D eigenvalue weighted by molar-refractivity contribution is 5.79. The van der Waals surface area contributed by atoms with E-state index in [-0.39, 0.29) is 11.5 Å². The van der Waals surface area contributed by atoms with Crippen LogP contribution in [0.3, 0.4) is 0 Å². The Bertz CT molecular complexity index is 1430. The maximum Gasteiger partial charge on any atom is 0.266 e. The Hall–Kier alpha value is -3.77. The first-order valence-corrected chi connectivity index (χ1v) is 12.8. The summed E-state index contributed by atoms with van der Waals surface area (Å²) in [5.41, 5.74) is 4.61. The number of aromatic nitrogens is 2. The van der Waals surface area contributed by atoms with Crippen LogP contribution in [0.25, 0.3) is 16.6 Å². The van der Waals surface area contributed by atoms with E-state index in [1.54, 1.807) is 17.7 Å². The minimum absolute atomic E-state index is 0.0292. The van der Waals surface area contributed by atoms with Crippen LogP contribution in [0.4, 0.5) is 0 Å². The molecule has 0 aliphatic heterocycles. The minimum Gasteiger partial charge on any atom is -0.385 e. The molecule has 1 aromatic heterocycles. The fourth-order valence-corrected chi connectivity index (χ4v) is 4.64. The molecule has 0 N–H and O–H groups in total. The number of fused-ring (bicyclic) bond motifs is 1. The fourth-order valence-electron chi connectivity index (χ4n) is 4.64. The van der Waals surface area contributed by atoms with Gasteiger partial charge in [0.25, 0.3) is 5.56 Å². The molecule has 1 heterocycles. The quantitative estimate of drug-likeness (QED) is 0.269. The van der Waals surface area contributed by atoms with Crippen LogP contribution in [0.15, 0.2) is 77.6 Å². The molecule has 0 saturated heterocycles.